The topological polar surface area (TPSA) is 55.2 Å². The first-order valence-corrected chi connectivity index (χ1v) is 9.03. The molecule has 2 aliphatic heterocycles. The van der Waals surface area contributed by atoms with E-state index in [1.807, 2.05) is 6.07 Å². The molecule has 1 aromatic carbocycles. The molecule has 5 rings (SSSR count). The van der Waals surface area contributed by atoms with Crippen LogP contribution >= 0.6 is 0 Å². The first kappa shape index (κ1) is 18.1. The maximum Gasteiger partial charge on any atom is 3.00 e. The van der Waals surface area contributed by atoms with E-state index < -0.39 is 0 Å². The van der Waals surface area contributed by atoms with E-state index in [-0.39, 0.29) is 41.3 Å². The number of nitrogens with zero attached hydrogens (tertiary/aromatic N) is 1. The number of carbonyl (C=O) groups is 1. The average molecular weight is 376 g/mol. The number of aromatic nitrogens is 2. The van der Waals surface area contributed by atoms with Gasteiger partial charge in [0.25, 0.3) is 0 Å². The second-order valence-electron chi connectivity index (χ2n) is 7.25. The number of hydrogen-bond acceptors (Lipinski definition) is 3. The molecule has 3 aromatic rings. The summed E-state index contributed by atoms with van der Waals surface area (Å²) in [6.07, 6.45) is 4.64. The summed E-state index contributed by atoms with van der Waals surface area (Å²) < 4.78 is 13.0. The molecule has 1 N–H and O–H groups in total. The summed E-state index contributed by atoms with van der Waals surface area (Å²) in [7, 11) is 1.43. The average Bonchev–Trinajstić information content (AvgIpc) is 3.06. The van der Waals surface area contributed by atoms with Crippen molar-refractivity contribution >= 4 is 45.1 Å². The monoisotopic (exact) mass is 376 g/mol. The molecule has 3 atom stereocenters. The number of hydrogen-bond donors (Lipinski definition) is 1. The normalized spacial score (nSPS) is 23.6. The van der Waals surface area contributed by atoms with E-state index in [2.05, 4.69) is 46.9 Å². The fourth-order valence-corrected chi connectivity index (χ4v) is 4.57. The predicted octanol–water partition coefficient (Wildman–Crippen LogP) is 2.49. The Bertz CT molecular complexity index is 1070. The molecule has 2 aliphatic rings. The van der Waals surface area contributed by atoms with Crippen LogP contribution in [-0.4, -0.2) is 41.5 Å². The zero-order chi connectivity index (χ0) is 17.8. The van der Waals surface area contributed by atoms with Crippen molar-refractivity contribution < 1.29 is 18.8 Å². The predicted molar refractivity (Wildman–Crippen MR) is 103 cm³/mol. The van der Waals surface area contributed by atoms with Gasteiger partial charge in [-0.25, -0.2) is 9.36 Å². The van der Waals surface area contributed by atoms with E-state index in [1.165, 1.54) is 23.6 Å². The minimum Gasteiger partial charge on any atom is -0.497 e. The van der Waals surface area contributed by atoms with E-state index >= 15 is 0 Å². The first-order chi connectivity index (χ1) is 12.7. The molecular weight excluding hydrogens is 355 g/mol. The maximum absolute atomic E-state index is 12.3. The summed E-state index contributed by atoms with van der Waals surface area (Å²) in [5.41, 5.74) is 4.19. The van der Waals surface area contributed by atoms with Crippen LogP contribution in [0.15, 0.2) is 48.4 Å². The number of esters is 1. The summed E-state index contributed by atoms with van der Waals surface area (Å²) >= 11 is 0. The van der Waals surface area contributed by atoms with E-state index in [9.17, 15) is 4.79 Å². The third-order valence-corrected chi connectivity index (χ3v) is 5.97. The zero-order valence-electron chi connectivity index (χ0n) is 15.4. The molecule has 6 heteroatoms. The van der Waals surface area contributed by atoms with Crippen LogP contribution in [0.5, 0.6) is 0 Å². The standard InChI is InChI=1S/C21H20N2O3.Al/c1-12-16-10-23-8-7-14-13-5-3-4-6-18(13)22-20(14)19(23)9-15(16)17(11-26-12)21(24)25-2;/h3-8,11-12,15-16H,9-10H2,1-2H3;/q;+3/p+1/t12-,15-,16+;/m0./s1. The summed E-state index contributed by atoms with van der Waals surface area (Å²) in [6.45, 7) is 2.91. The Morgan fingerprint density at radius 2 is 2.07 bits per heavy atom. The second-order valence-corrected chi connectivity index (χ2v) is 7.25. The van der Waals surface area contributed by atoms with Gasteiger partial charge in [0.1, 0.15) is 11.6 Å². The van der Waals surface area contributed by atoms with E-state index in [4.69, 9.17) is 9.47 Å². The van der Waals surface area contributed by atoms with E-state index in [0.29, 0.717) is 5.57 Å². The van der Waals surface area contributed by atoms with Crippen LogP contribution in [0, 0.1) is 11.8 Å². The molecule has 0 bridgehead atoms. The summed E-state index contributed by atoms with van der Waals surface area (Å²) in [5.74, 6) is 0.0841. The van der Waals surface area contributed by atoms with Gasteiger partial charge in [0.15, 0.2) is 12.7 Å². The third-order valence-electron chi connectivity index (χ3n) is 5.97. The van der Waals surface area contributed by atoms with Gasteiger partial charge in [0.2, 0.25) is 5.69 Å². The molecule has 0 amide bonds. The number of para-hydroxylation sites is 1. The molecule has 0 radical (unpaired) electrons. The van der Waals surface area contributed by atoms with Gasteiger partial charge in [-0.3, -0.25) is 0 Å². The van der Waals surface area contributed by atoms with Crippen LogP contribution in [-0.2, 0) is 27.2 Å². The smallest absolute Gasteiger partial charge is 0.497 e. The number of aromatic amines is 1. The van der Waals surface area contributed by atoms with Crippen LogP contribution < -0.4 is 4.57 Å². The SMILES string of the molecule is COC(=O)C1=CO[C@@H](C)[C@H]2C[n+]3ccc4c([nH]c5ccccc54)c3C[C@H]12.[Al+3]. The van der Waals surface area contributed by atoms with Crippen molar-refractivity contribution in [2.24, 2.45) is 11.8 Å². The second kappa shape index (κ2) is 6.70. The van der Waals surface area contributed by atoms with Gasteiger partial charge in [-0.05, 0) is 13.0 Å². The van der Waals surface area contributed by atoms with Crippen molar-refractivity contribution in [1.82, 2.24) is 4.98 Å². The molecule has 2 aromatic heterocycles. The van der Waals surface area contributed by atoms with Gasteiger partial charge >= 0.3 is 23.3 Å². The number of pyridine rings is 1. The molecule has 0 aliphatic carbocycles. The van der Waals surface area contributed by atoms with E-state index in [0.717, 1.165) is 24.0 Å². The summed E-state index contributed by atoms with van der Waals surface area (Å²) in [6, 6.07) is 10.5. The number of ether oxygens (including phenoxy) is 2. The van der Waals surface area contributed by atoms with E-state index in [1.54, 1.807) is 6.26 Å². The Morgan fingerprint density at radius 1 is 1.26 bits per heavy atom. The molecule has 0 saturated heterocycles. The minimum absolute atomic E-state index is 0. The van der Waals surface area contributed by atoms with Crippen molar-refractivity contribution in [1.29, 1.82) is 0 Å². The number of fused-ring (bicyclic) bond motifs is 6. The largest absolute Gasteiger partial charge is 3.00 e. The molecule has 4 heterocycles. The van der Waals surface area contributed by atoms with Crippen LogP contribution in [0.3, 0.4) is 0 Å². The van der Waals surface area contributed by atoms with Gasteiger partial charge in [-0.15, -0.1) is 0 Å². The molecule has 132 valence electrons. The Labute approximate surface area is 168 Å². The number of benzene rings is 1. The summed E-state index contributed by atoms with van der Waals surface area (Å²) in [5, 5.41) is 2.46. The number of carbonyl (C=O) groups excluding carboxylic acids is 1. The Morgan fingerprint density at radius 3 is 2.89 bits per heavy atom. The van der Waals surface area contributed by atoms with Crippen LogP contribution in [0.4, 0.5) is 0 Å². The maximum atomic E-state index is 12.3. The molecule has 0 fully saturated rings. The van der Waals surface area contributed by atoms with Gasteiger partial charge in [0.05, 0.1) is 24.9 Å². The molecule has 0 unspecified atom stereocenters. The minimum atomic E-state index is -0.288. The third kappa shape index (κ3) is 2.67. The Balaban J connectivity index is 0.00000180. The fourth-order valence-electron chi connectivity index (χ4n) is 4.57. The molecule has 27 heavy (non-hydrogen) atoms. The molecule has 0 spiro atoms. The van der Waals surface area contributed by atoms with Gasteiger partial charge in [0, 0.05) is 34.7 Å². The number of rotatable bonds is 1. The Hall–Kier alpha value is -2.29. The van der Waals surface area contributed by atoms with Crippen molar-refractivity contribution in [2.75, 3.05) is 7.11 Å². The fraction of sp³-hybridized carbons (Fsp3) is 0.333. The molecule has 0 saturated carbocycles. The Kier molecular flexibility index (Phi) is 4.49. The number of H-pyrrole nitrogens is 1. The van der Waals surface area contributed by atoms with Crippen LogP contribution in [0.25, 0.3) is 21.8 Å². The molecule has 5 nitrogen and oxygen atoms in total. The number of nitrogens with one attached hydrogen (secondary N) is 1. The first-order valence-electron chi connectivity index (χ1n) is 9.03. The molecular formula is C21H21AlN2O3+4. The quantitative estimate of drug-likeness (QED) is 0.403. The van der Waals surface area contributed by atoms with Crippen LogP contribution in [0.2, 0.25) is 0 Å². The van der Waals surface area contributed by atoms with Gasteiger partial charge < -0.3 is 14.5 Å². The van der Waals surface area contributed by atoms with Crippen molar-refractivity contribution in [3.8, 4) is 0 Å². The van der Waals surface area contributed by atoms with Crippen molar-refractivity contribution in [3.05, 3.63) is 54.1 Å². The van der Waals surface area contributed by atoms with Crippen LogP contribution in [0.1, 0.15) is 12.6 Å². The number of methoxy groups -OCH3 is 1. The summed E-state index contributed by atoms with van der Waals surface area (Å²) in [4.78, 5) is 15.8. The van der Waals surface area contributed by atoms with Crippen molar-refractivity contribution in [3.63, 3.8) is 0 Å². The van der Waals surface area contributed by atoms with Gasteiger partial charge in [-0.2, -0.15) is 0 Å². The van der Waals surface area contributed by atoms with Crippen molar-refractivity contribution in [2.45, 2.75) is 26.0 Å². The van der Waals surface area contributed by atoms with Gasteiger partial charge in [-0.1, -0.05) is 18.2 Å². The zero-order valence-corrected chi connectivity index (χ0v) is 16.6.